The maximum atomic E-state index is 6.03. The number of ether oxygens (including phenoxy) is 1. The Morgan fingerprint density at radius 2 is 2.06 bits per heavy atom. The predicted molar refractivity (Wildman–Crippen MR) is 69.4 cm³/mol. The minimum absolute atomic E-state index is 0.374. The summed E-state index contributed by atoms with van der Waals surface area (Å²) in [6.07, 6.45) is 4.58. The molecule has 2 heterocycles. The molecule has 0 radical (unpaired) electrons. The highest BCUT2D eigenvalue weighted by atomic mass is 16.5. The molecule has 90 valence electrons. The third kappa shape index (κ3) is 2.29. The SMILES string of the molecule is CN1CCC(Oc2ccc3cc[nH]c3c2)CC1. The third-order valence-electron chi connectivity index (χ3n) is 3.49. The van der Waals surface area contributed by atoms with Gasteiger partial charge in [0.1, 0.15) is 11.9 Å². The second kappa shape index (κ2) is 4.41. The fraction of sp³-hybridized carbons (Fsp3) is 0.429. The first-order valence-corrected chi connectivity index (χ1v) is 6.23. The summed E-state index contributed by atoms with van der Waals surface area (Å²) >= 11 is 0. The van der Waals surface area contributed by atoms with E-state index in [1.165, 1.54) is 5.39 Å². The summed E-state index contributed by atoms with van der Waals surface area (Å²) in [6.45, 7) is 2.27. The molecular formula is C14H18N2O. The van der Waals surface area contributed by atoms with Crippen LogP contribution in [0.5, 0.6) is 5.75 Å². The maximum absolute atomic E-state index is 6.03. The quantitative estimate of drug-likeness (QED) is 0.859. The van der Waals surface area contributed by atoms with Crippen LogP contribution in [0.2, 0.25) is 0 Å². The molecule has 1 aromatic carbocycles. The second-order valence-electron chi connectivity index (χ2n) is 4.85. The fourth-order valence-electron chi connectivity index (χ4n) is 2.40. The molecule has 1 aliphatic heterocycles. The molecule has 3 nitrogen and oxygen atoms in total. The van der Waals surface area contributed by atoms with Crippen LogP contribution in [0.3, 0.4) is 0 Å². The molecule has 0 amide bonds. The Balaban J connectivity index is 1.71. The van der Waals surface area contributed by atoms with Crippen LogP contribution in [0, 0.1) is 0 Å². The summed E-state index contributed by atoms with van der Waals surface area (Å²) in [7, 11) is 2.17. The number of H-pyrrole nitrogens is 1. The molecular weight excluding hydrogens is 212 g/mol. The van der Waals surface area contributed by atoms with Crippen molar-refractivity contribution in [3.05, 3.63) is 30.5 Å². The van der Waals surface area contributed by atoms with E-state index < -0.39 is 0 Å². The average molecular weight is 230 g/mol. The van der Waals surface area contributed by atoms with Gasteiger partial charge in [0, 0.05) is 30.9 Å². The van der Waals surface area contributed by atoms with Gasteiger partial charge in [0.05, 0.1) is 0 Å². The first kappa shape index (κ1) is 10.7. The van der Waals surface area contributed by atoms with Crippen molar-refractivity contribution in [2.24, 2.45) is 0 Å². The van der Waals surface area contributed by atoms with Gasteiger partial charge in [0.15, 0.2) is 0 Å². The van der Waals surface area contributed by atoms with E-state index in [2.05, 4.69) is 41.2 Å². The van der Waals surface area contributed by atoms with Gasteiger partial charge in [-0.1, -0.05) is 0 Å². The van der Waals surface area contributed by atoms with E-state index in [1.54, 1.807) is 0 Å². The molecule has 0 atom stereocenters. The summed E-state index contributed by atoms with van der Waals surface area (Å²) < 4.78 is 6.03. The van der Waals surface area contributed by atoms with E-state index in [-0.39, 0.29) is 0 Å². The van der Waals surface area contributed by atoms with Crippen molar-refractivity contribution in [2.45, 2.75) is 18.9 Å². The van der Waals surface area contributed by atoms with Gasteiger partial charge in [-0.3, -0.25) is 0 Å². The Labute approximate surface area is 101 Å². The number of likely N-dealkylation sites (tertiary alicyclic amines) is 1. The molecule has 17 heavy (non-hydrogen) atoms. The maximum Gasteiger partial charge on any atom is 0.121 e. The predicted octanol–water partition coefficient (Wildman–Crippen LogP) is 2.64. The zero-order valence-electron chi connectivity index (χ0n) is 10.1. The van der Waals surface area contributed by atoms with Crippen molar-refractivity contribution < 1.29 is 4.74 Å². The molecule has 0 saturated carbocycles. The van der Waals surface area contributed by atoms with Gasteiger partial charge in [-0.05, 0) is 43.5 Å². The number of piperidine rings is 1. The number of aromatic amines is 1. The van der Waals surface area contributed by atoms with Gasteiger partial charge >= 0.3 is 0 Å². The molecule has 3 rings (SSSR count). The van der Waals surface area contributed by atoms with Crippen molar-refractivity contribution in [1.29, 1.82) is 0 Å². The topological polar surface area (TPSA) is 28.3 Å². The van der Waals surface area contributed by atoms with Crippen LogP contribution in [0.4, 0.5) is 0 Å². The number of benzene rings is 1. The van der Waals surface area contributed by atoms with Crippen molar-refractivity contribution in [2.75, 3.05) is 20.1 Å². The zero-order valence-corrected chi connectivity index (χ0v) is 10.1. The third-order valence-corrected chi connectivity index (χ3v) is 3.49. The average Bonchev–Trinajstić information content (AvgIpc) is 2.79. The summed E-state index contributed by atoms with van der Waals surface area (Å²) in [5.41, 5.74) is 1.15. The van der Waals surface area contributed by atoms with Gasteiger partial charge in [-0.15, -0.1) is 0 Å². The van der Waals surface area contributed by atoms with Crippen LogP contribution in [0.15, 0.2) is 30.5 Å². The molecule has 1 aliphatic rings. The first-order valence-electron chi connectivity index (χ1n) is 6.23. The summed E-state index contributed by atoms with van der Waals surface area (Å²) in [5.74, 6) is 0.981. The van der Waals surface area contributed by atoms with Gasteiger partial charge in [0.25, 0.3) is 0 Å². The molecule has 3 heteroatoms. The van der Waals surface area contributed by atoms with E-state index in [1.807, 2.05) is 6.20 Å². The van der Waals surface area contributed by atoms with E-state index in [0.717, 1.165) is 37.2 Å². The Morgan fingerprint density at radius 1 is 1.24 bits per heavy atom. The molecule has 1 aromatic heterocycles. The normalized spacial score (nSPS) is 18.6. The molecule has 1 N–H and O–H groups in total. The highest BCUT2D eigenvalue weighted by Crippen LogP contribution is 2.22. The van der Waals surface area contributed by atoms with E-state index in [4.69, 9.17) is 4.74 Å². The lowest BCUT2D eigenvalue weighted by Crippen LogP contribution is -2.35. The number of fused-ring (bicyclic) bond motifs is 1. The summed E-state index contributed by atoms with van der Waals surface area (Å²) in [4.78, 5) is 5.57. The molecule has 2 aromatic rings. The van der Waals surface area contributed by atoms with E-state index in [9.17, 15) is 0 Å². The van der Waals surface area contributed by atoms with E-state index >= 15 is 0 Å². The van der Waals surface area contributed by atoms with Gasteiger partial charge in [0.2, 0.25) is 0 Å². The lowest BCUT2D eigenvalue weighted by atomic mass is 10.1. The number of hydrogen-bond donors (Lipinski definition) is 1. The lowest BCUT2D eigenvalue weighted by molar-refractivity contribution is 0.114. The fourth-order valence-corrected chi connectivity index (χ4v) is 2.40. The Kier molecular flexibility index (Phi) is 2.77. The van der Waals surface area contributed by atoms with Crippen molar-refractivity contribution in [1.82, 2.24) is 9.88 Å². The number of nitrogens with one attached hydrogen (secondary N) is 1. The van der Waals surface area contributed by atoms with Crippen LogP contribution in [0.25, 0.3) is 10.9 Å². The molecule has 0 unspecified atom stereocenters. The minimum atomic E-state index is 0.374. The van der Waals surface area contributed by atoms with Gasteiger partial charge in [-0.2, -0.15) is 0 Å². The smallest absolute Gasteiger partial charge is 0.121 e. The monoisotopic (exact) mass is 230 g/mol. The highest BCUT2D eigenvalue weighted by molar-refractivity contribution is 5.80. The largest absolute Gasteiger partial charge is 0.490 e. The van der Waals surface area contributed by atoms with Crippen LogP contribution in [-0.4, -0.2) is 36.1 Å². The Hall–Kier alpha value is -1.48. The standard InChI is InChI=1S/C14H18N2O/c1-16-8-5-12(6-9-16)17-13-3-2-11-4-7-15-14(11)10-13/h2-4,7,10,12,15H,5-6,8-9H2,1H3. The summed E-state index contributed by atoms with van der Waals surface area (Å²) in [6, 6.07) is 8.34. The van der Waals surface area contributed by atoms with Crippen LogP contribution in [-0.2, 0) is 0 Å². The number of hydrogen-bond acceptors (Lipinski definition) is 2. The Bertz CT molecular complexity index is 498. The molecule has 0 spiro atoms. The number of nitrogens with zero attached hydrogens (tertiary/aromatic N) is 1. The van der Waals surface area contributed by atoms with Gasteiger partial charge in [-0.25, -0.2) is 0 Å². The van der Waals surface area contributed by atoms with Gasteiger partial charge < -0.3 is 14.6 Å². The molecule has 1 saturated heterocycles. The number of rotatable bonds is 2. The van der Waals surface area contributed by atoms with Crippen LogP contribution < -0.4 is 4.74 Å². The second-order valence-corrected chi connectivity index (χ2v) is 4.85. The first-order chi connectivity index (χ1) is 8.31. The minimum Gasteiger partial charge on any atom is -0.490 e. The Morgan fingerprint density at radius 3 is 2.88 bits per heavy atom. The van der Waals surface area contributed by atoms with Crippen LogP contribution in [0.1, 0.15) is 12.8 Å². The van der Waals surface area contributed by atoms with Crippen molar-refractivity contribution >= 4 is 10.9 Å². The van der Waals surface area contributed by atoms with Crippen molar-refractivity contribution in [3.63, 3.8) is 0 Å². The zero-order chi connectivity index (χ0) is 11.7. The molecule has 0 aliphatic carbocycles. The van der Waals surface area contributed by atoms with Crippen molar-refractivity contribution in [3.8, 4) is 5.75 Å². The molecule has 0 bridgehead atoms. The van der Waals surface area contributed by atoms with E-state index in [0.29, 0.717) is 6.10 Å². The number of aromatic nitrogens is 1. The summed E-state index contributed by atoms with van der Waals surface area (Å²) in [5, 5.41) is 1.24. The highest BCUT2D eigenvalue weighted by Gasteiger charge is 2.17. The van der Waals surface area contributed by atoms with Crippen LogP contribution >= 0.6 is 0 Å². The lowest BCUT2D eigenvalue weighted by Gasteiger charge is -2.29. The molecule has 1 fully saturated rings.